The van der Waals surface area contributed by atoms with E-state index in [1.807, 2.05) is 0 Å². The molecule has 0 saturated heterocycles. The summed E-state index contributed by atoms with van der Waals surface area (Å²) in [7, 11) is 0. The van der Waals surface area contributed by atoms with Gasteiger partial charge in [-0.15, -0.1) is 0 Å². The molecule has 0 aliphatic heterocycles. The van der Waals surface area contributed by atoms with Crippen molar-refractivity contribution in [3.05, 3.63) is 67.3 Å². The SMILES string of the molecule is C=CC(=O)Oc1cc(OC(=O)C=C)c2cc(Cl)ccc2c1OC(=O)C=C. The van der Waals surface area contributed by atoms with Crippen molar-refractivity contribution < 1.29 is 28.6 Å². The molecule has 0 amide bonds. The first-order valence-corrected chi connectivity index (χ1v) is 7.56. The lowest BCUT2D eigenvalue weighted by Crippen LogP contribution is -2.10. The van der Waals surface area contributed by atoms with Crippen LogP contribution in [0.5, 0.6) is 17.2 Å². The Balaban J connectivity index is 2.77. The van der Waals surface area contributed by atoms with Gasteiger partial charge in [-0.05, 0) is 18.2 Å². The molecule has 132 valence electrons. The normalized spacial score (nSPS) is 9.88. The van der Waals surface area contributed by atoms with E-state index in [0.717, 1.165) is 18.2 Å². The molecule has 0 aliphatic carbocycles. The fourth-order valence-corrected chi connectivity index (χ4v) is 2.19. The summed E-state index contributed by atoms with van der Waals surface area (Å²) in [6.45, 7) is 9.96. The van der Waals surface area contributed by atoms with Gasteiger partial charge in [0.05, 0.1) is 0 Å². The second kappa shape index (κ2) is 8.13. The van der Waals surface area contributed by atoms with Crippen LogP contribution >= 0.6 is 11.6 Å². The predicted octanol–water partition coefficient (Wildman–Crippen LogP) is 3.77. The summed E-state index contributed by atoms with van der Waals surface area (Å²) >= 11 is 6.01. The van der Waals surface area contributed by atoms with Gasteiger partial charge in [-0.2, -0.15) is 0 Å². The van der Waals surface area contributed by atoms with Crippen LogP contribution in [0.25, 0.3) is 10.8 Å². The molecule has 2 rings (SSSR count). The van der Waals surface area contributed by atoms with Crippen LogP contribution in [0.2, 0.25) is 5.02 Å². The van der Waals surface area contributed by atoms with E-state index in [1.165, 1.54) is 24.3 Å². The average Bonchev–Trinajstić information content (AvgIpc) is 2.63. The van der Waals surface area contributed by atoms with Gasteiger partial charge in [0.15, 0.2) is 11.5 Å². The Hall–Kier alpha value is -3.38. The summed E-state index contributed by atoms with van der Waals surface area (Å²) < 4.78 is 15.5. The van der Waals surface area contributed by atoms with E-state index in [2.05, 4.69) is 19.7 Å². The van der Waals surface area contributed by atoms with Gasteiger partial charge in [0.25, 0.3) is 0 Å². The first-order chi connectivity index (χ1) is 12.4. The maximum atomic E-state index is 11.7. The number of hydrogen-bond acceptors (Lipinski definition) is 6. The highest BCUT2D eigenvalue weighted by atomic mass is 35.5. The molecule has 26 heavy (non-hydrogen) atoms. The molecule has 6 nitrogen and oxygen atoms in total. The number of rotatable bonds is 6. The first kappa shape index (κ1) is 19.0. The van der Waals surface area contributed by atoms with Crippen molar-refractivity contribution in [1.82, 2.24) is 0 Å². The van der Waals surface area contributed by atoms with Crippen molar-refractivity contribution in [2.24, 2.45) is 0 Å². The summed E-state index contributed by atoms with van der Waals surface area (Å²) in [6, 6.07) is 5.80. The van der Waals surface area contributed by atoms with Gasteiger partial charge in [-0.3, -0.25) is 0 Å². The lowest BCUT2D eigenvalue weighted by atomic mass is 10.1. The van der Waals surface area contributed by atoms with Crippen LogP contribution in [0, 0.1) is 0 Å². The van der Waals surface area contributed by atoms with Crippen LogP contribution in [-0.4, -0.2) is 17.9 Å². The molecule has 0 N–H and O–H groups in total. The average molecular weight is 373 g/mol. The van der Waals surface area contributed by atoms with Gasteiger partial charge < -0.3 is 14.2 Å². The number of halogens is 1. The zero-order chi connectivity index (χ0) is 19.3. The Bertz CT molecular complexity index is 945. The Morgan fingerprint density at radius 1 is 0.769 bits per heavy atom. The van der Waals surface area contributed by atoms with Crippen molar-refractivity contribution in [2.45, 2.75) is 0 Å². The molecular formula is C19H13ClO6. The lowest BCUT2D eigenvalue weighted by molar-refractivity contribution is -0.131. The van der Waals surface area contributed by atoms with Crippen LogP contribution < -0.4 is 14.2 Å². The first-order valence-electron chi connectivity index (χ1n) is 7.18. The number of carbonyl (C=O) groups is 3. The van der Waals surface area contributed by atoms with E-state index >= 15 is 0 Å². The number of ether oxygens (including phenoxy) is 3. The molecule has 0 radical (unpaired) electrons. The van der Waals surface area contributed by atoms with Crippen molar-refractivity contribution in [3.63, 3.8) is 0 Å². The van der Waals surface area contributed by atoms with Crippen LogP contribution in [0.15, 0.2) is 62.2 Å². The topological polar surface area (TPSA) is 78.9 Å². The molecule has 0 aliphatic rings. The summed E-state index contributed by atoms with van der Waals surface area (Å²) in [5.41, 5.74) is 0. The van der Waals surface area contributed by atoms with E-state index in [0.29, 0.717) is 15.8 Å². The molecule has 0 spiro atoms. The number of carbonyl (C=O) groups excluding carboxylic acids is 3. The molecule has 2 aromatic carbocycles. The second-order valence-corrected chi connectivity index (χ2v) is 5.20. The molecule has 2 aromatic rings. The van der Waals surface area contributed by atoms with Gasteiger partial charge in [0.1, 0.15) is 5.75 Å². The lowest BCUT2D eigenvalue weighted by Gasteiger charge is -2.15. The van der Waals surface area contributed by atoms with Gasteiger partial charge in [-0.1, -0.05) is 31.3 Å². The van der Waals surface area contributed by atoms with Gasteiger partial charge in [0, 0.05) is 40.1 Å². The van der Waals surface area contributed by atoms with Crippen molar-refractivity contribution in [1.29, 1.82) is 0 Å². The third kappa shape index (κ3) is 4.17. The molecule has 0 fully saturated rings. The smallest absolute Gasteiger partial charge is 0.335 e. The zero-order valence-electron chi connectivity index (χ0n) is 13.5. The highest BCUT2D eigenvalue weighted by Crippen LogP contribution is 2.43. The fraction of sp³-hybridized carbons (Fsp3) is 0. The molecule has 0 heterocycles. The number of benzene rings is 2. The standard InChI is InChI=1S/C19H13ClO6/c1-4-16(21)24-14-10-15(25-17(22)5-2)19(26-18(23)6-3)12-8-7-11(20)9-13(12)14/h4-10H,1-3H2. The maximum Gasteiger partial charge on any atom is 0.335 e. The molecule has 0 saturated carbocycles. The van der Waals surface area contributed by atoms with Crippen molar-refractivity contribution in [3.8, 4) is 17.2 Å². The summed E-state index contributed by atoms with van der Waals surface area (Å²) in [6.07, 6.45) is 2.85. The predicted molar refractivity (Wildman–Crippen MR) is 96.5 cm³/mol. The minimum Gasteiger partial charge on any atom is -0.423 e. The Labute approximate surface area is 153 Å². The molecule has 0 aromatic heterocycles. The Kier molecular flexibility index (Phi) is 5.93. The quantitative estimate of drug-likeness (QED) is 0.436. The molecule has 0 bridgehead atoms. The van der Waals surface area contributed by atoms with E-state index < -0.39 is 17.9 Å². The van der Waals surface area contributed by atoms with E-state index in [9.17, 15) is 14.4 Å². The monoisotopic (exact) mass is 372 g/mol. The van der Waals surface area contributed by atoms with Gasteiger partial charge >= 0.3 is 17.9 Å². The minimum atomic E-state index is -0.796. The van der Waals surface area contributed by atoms with Crippen LogP contribution in [0.1, 0.15) is 0 Å². The third-order valence-electron chi connectivity index (χ3n) is 3.10. The second-order valence-electron chi connectivity index (χ2n) is 4.77. The largest absolute Gasteiger partial charge is 0.423 e. The molecular weight excluding hydrogens is 360 g/mol. The Morgan fingerprint density at radius 2 is 1.31 bits per heavy atom. The maximum absolute atomic E-state index is 11.7. The Morgan fingerprint density at radius 3 is 1.88 bits per heavy atom. The van der Waals surface area contributed by atoms with E-state index in [1.54, 1.807) is 0 Å². The van der Waals surface area contributed by atoms with Crippen LogP contribution in [-0.2, 0) is 14.4 Å². The highest BCUT2D eigenvalue weighted by Gasteiger charge is 2.20. The van der Waals surface area contributed by atoms with Gasteiger partial charge in [0.2, 0.25) is 0 Å². The molecule has 0 atom stereocenters. The number of fused-ring (bicyclic) bond motifs is 1. The number of esters is 3. The van der Waals surface area contributed by atoms with Crippen LogP contribution in [0.3, 0.4) is 0 Å². The van der Waals surface area contributed by atoms with E-state index in [-0.39, 0.29) is 17.2 Å². The van der Waals surface area contributed by atoms with Crippen molar-refractivity contribution >= 4 is 40.3 Å². The van der Waals surface area contributed by atoms with E-state index in [4.69, 9.17) is 25.8 Å². The summed E-state index contributed by atoms with van der Waals surface area (Å²) in [5, 5.41) is 1.04. The molecule has 0 unspecified atom stereocenters. The molecule has 7 heteroatoms. The van der Waals surface area contributed by atoms with Crippen LogP contribution in [0.4, 0.5) is 0 Å². The summed E-state index contributed by atoms with van der Waals surface area (Å²) in [5.74, 6) is -2.47. The number of hydrogen-bond donors (Lipinski definition) is 0. The van der Waals surface area contributed by atoms with Crippen molar-refractivity contribution in [2.75, 3.05) is 0 Å². The fourth-order valence-electron chi connectivity index (χ4n) is 2.02. The highest BCUT2D eigenvalue weighted by molar-refractivity contribution is 6.31. The third-order valence-corrected chi connectivity index (χ3v) is 3.34. The summed E-state index contributed by atoms with van der Waals surface area (Å²) in [4.78, 5) is 34.9. The zero-order valence-corrected chi connectivity index (χ0v) is 14.2. The minimum absolute atomic E-state index is 0.0395. The van der Waals surface area contributed by atoms with Gasteiger partial charge in [-0.25, -0.2) is 14.4 Å².